The van der Waals surface area contributed by atoms with E-state index in [-0.39, 0.29) is 34.2 Å². The highest BCUT2D eigenvalue weighted by molar-refractivity contribution is 6.31. The maximum atomic E-state index is 13.5. The van der Waals surface area contributed by atoms with Gasteiger partial charge in [0.2, 0.25) is 0 Å². The minimum absolute atomic E-state index is 0.0254. The number of amides is 3. The van der Waals surface area contributed by atoms with E-state index in [9.17, 15) is 24.0 Å². The van der Waals surface area contributed by atoms with Crippen molar-refractivity contribution in [2.45, 2.75) is 38.8 Å². The summed E-state index contributed by atoms with van der Waals surface area (Å²) in [5.74, 6) is 3.17. The molecule has 9 heteroatoms. The van der Waals surface area contributed by atoms with Crippen LogP contribution in [0.25, 0.3) is 0 Å². The Morgan fingerprint density at radius 3 is 2.05 bits per heavy atom. The molecule has 194 valence electrons. The van der Waals surface area contributed by atoms with Crippen molar-refractivity contribution >= 4 is 29.5 Å². The van der Waals surface area contributed by atoms with Gasteiger partial charge in [0.25, 0.3) is 11.8 Å². The summed E-state index contributed by atoms with van der Waals surface area (Å²) in [5.41, 5.74) is 0.0134. The van der Waals surface area contributed by atoms with Crippen LogP contribution in [0.1, 0.15) is 68.5 Å². The largest absolute Gasteiger partial charge is 0.444 e. The maximum Gasteiger partial charge on any atom is 0.408 e. The summed E-state index contributed by atoms with van der Waals surface area (Å²) in [6.45, 7) is 5.02. The lowest BCUT2D eigenvalue weighted by Gasteiger charge is -2.26. The Kier molecular flexibility index (Phi) is 7.23. The number of ether oxygens (including phenoxy) is 1. The van der Waals surface area contributed by atoms with E-state index >= 15 is 0 Å². The molecule has 3 amide bonds. The number of carbonyl (C=O) groups is 5. The summed E-state index contributed by atoms with van der Waals surface area (Å²) in [4.78, 5) is 65.7. The van der Waals surface area contributed by atoms with Crippen molar-refractivity contribution in [1.29, 1.82) is 0 Å². The van der Waals surface area contributed by atoms with Crippen LogP contribution in [0.15, 0.2) is 72.8 Å². The topological polar surface area (TPSA) is 136 Å². The van der Waals surface area contributed by atoms with Gasteiger partial charge in [0.1, 0.15) is 11.6 Å². The average Bonchev–Trinajstić information content (AvgIpc) is 2.89. The minimum Gasteiger partial charge on any atom is -0.444 e. The Hall–Kier alpha value is -4.63. The predicted molar refractivity (Wildman–Crippen MR) is 138 cm³/mol. The lowest BCUT2D eigenvalue weighted by Crippen LogP contribution is -2.55. The molecule has 0 aliphatic heterocycles. The first-order chi connectivity index (χ1) is 18.0. The Morgan fingerprint density at radius 2 is 1.42 bits per heavy atom. The fraction of sp³-hybridized carbons (Fsp3) is 0.207. The van der Waals surface area contributed by atoms with Crippen LogP contribution in [0.5, 0.6) is 0 Å². The third kappa shape index (κ3) is 5.37. The van der Waals surface area contributed by atoms with Crippen molar-refractivity contribution in [3.05, 3.63) is 106 Å². The van der Waals surface area contributed by atoms with Crippen LogP contribution in [-0.2, 0) is 16.0 Å². The molecule has 3 aromatic rings. The van der Waals surface area contributed by atoms with E-state index in [0.29, 0.717) is 10.6 Å². The van der Waals surface area contributed by atoms with Gasteiger partial charge in [0.15, 0.2) is 11.6 Å². The zero-order valence-corrected chi connectivity index (χ0v) is 21.2. The molecular weight excluding hydrogens is 486 g/mol. The molecule has 0 heterocycles. The standard InChI is InChI=1S/C29H27N3O6/c1-29(2,3)38-28(37)31-22(16-17-10-5-4-6-11-17)27(36)32(30)26(35)21-15-9-14-20-23(21)25(34)19-13-8-7-12-18(19)24(20)33/h4-15,22H,16,30H2,1-3H3,(H,31,37)/t22-/m0/s1. The van der Waals surface area contributed by atoms with Crippen molar-refractivity contribution in [2.75, 3.05) is 0 Å². The Balaban J connectivity index is 1.65. The monoisotopic (exact) mass is 513 g/mol. The van der Waals surface area contributed by atoms with Gasteiger partial charge in [-0.3, -0.25) is 19.2 Å². The number of benzene rings is 3. The smallest absolute Gasteiger partial charge is 0.408 e. The zero-order chi connectivity index (χ0) is 27.6. The number of ketones is 2. The van der Waals surface area contributed by atoms with E-state index in [4.69, 9.17) is 10.6 Å². The molecular formula is C29H27N3O6. The van der Waals surface area contributed by atoms with Crippen molar-refractivity contribution in [3.8, 4) is 0 Å². The van der Waals surface area contributed by atoms with Gasteiger partial charge in [-0.15, -0.1) is 0 Å². The second-order valence-electron chi connectivity index (χ2n) is 9.83. The molecule has 3 aromatic carbocycles. The summed E-state index contributed by atoms with van der Waals surface area (Å²) < 4.78 is 5.29. The molecule has 1 aliphatic rings. The van der Waals surface area contributed by atoms with E-state index in [1.54, 1.807) is 69.3 Å². The Bertz CT molecular complexity index is 1440. The molecule has 0 saturated carbocycles. The van der Waals surface area contributed by atoms with Gasteiger partial charge in [-0.25, -0.2) is 15.6 Å². The lowest BCUT2D eigenvalue weighted by atomic mass is 9.81. The number of carbonyl (C=O) groups excluding carboxylic acids is 5. The maximum absolute atomic E-state index is 13.5. The predicted octanol–water partition coefficient (Wildman–Crippen LogP) is 3.44. The molecule has 38 heavy (non-hydrogen) atoms. The molecule has 0 aromatic heterocycles. The van der Waals surface area contributed by atoms with Crippen molar-refractivity contribution in [2.24, 2.45) is 5.84 Å². The third-order valence-corrected chi connectivity index (χ3v) is 5.91. The van der Waals surface area contributed by atoms with Gasteiger partial charge >= 0.3 is 6.09 Å². The van der Waals surface area contributed by atoms with Crippen LogP contribution < -0.4 is 11.2 Å². The summed E-state index contributed by atoms with van der Waals surface area (Å²) in [6, 6.07) is 18.2. The summed E-state index contributed by atoms with van der Waals surface area (Å²) in [6.07, 6.45) is -0.834. The number of hydrogen-bond acceptors (Lipinski definition) is 7. The molecule has 0 fully saturated rings. The molecule has 0 saturated heterocycles. The number of imide groups is 1. The van der Waals surface area contributed by atoms with Crippen LogP contribution in [0.3, 0.4) is 0 Å². The summed E-state index contributed by atoms with van der Waals surface area (Å²) in [5, 5.41) is 2.85. The van der Waals surface area contributed by atoms with E-state index in [1.165, 1.54) is 24.3 Å². The molecule has 4 rings (SSSR count). The quantitative estimate of drug-likeness (QED) is 0.237. The molecule has 1 atom stereocenters. The van der Waals surface area contributed by atoms with Crippen LogP contribution >= 0.6 is 0 Å². The molecule has 3 N–H and O–H groups in total. The molecule has 1 aliphatic carbocycles. The number of nitrogens with two attached hydrogens (primary N) is 1. The molecule has 0 radical (unpaired) electrons. The zero-order valence-electron chi connectivity index (χ0n) is 21.2. The number of fused-ring (bicyclic) bond motifs is 2. The van der Waals surface area contributed by atoms with E-state index in [1.807, 2.05) is 0 Å². The first kappa shape index (κ1) is 26.4. The van der Waals surface area contributed by atoms with E-state index in [0.717, 1.165) is 0 Å². The van der Waals surface area contributed by atoms with Crippen LogP contribution in [-0.4, -0.2) is 46.1 Å². The molecule has 0 unspecified atom stereocenters. The van der Waals surface area contributed by atoms with Gasteiger partial charge in [-0.1, -0.05) is 66.7 Å². The first-order valence-electron chi connectivity index (χ1n) is 12.0. The number of hydrogen-bond donors (Lipinski definition) is 2. The number of nitrogens with one attached hydrogen (secondary N) is 1. The molecule has 0 spiro atoms. The fourth-order valence-electron chi connectivity index (χ4n) is 4.22. The average molecular weight is 514 g/mol. The van der Waals surface area contributed by atoms with Crippen LogP contribution in [0.2, 0.25) is 0 Å². The highest BCUT2D eigenvalue weighted by Crippen LogP contribution is 2.30. The van der Waals surface area contributed by atoms with Crippen LogP contribution in [0.4, 0.5) is 4.79 Å². The van der Waals surface area contributed by atoms with Gasteiger partial charge < -0.3 is 10.1 Å². The van der Waals surface area contributed by atoms with Crippen molar-refractivity contribution in [1.82, 2.24) is 10.3 Å². The van der Waals surface area contributed by atoms with Crippen molar-refractivity contribution in [3.63, 3.8) is 0 Å². The Morgan fingerprint density at radius 1 is 0.842 bits per heavy atom. The number of hydrazine groups is 1. The highest BCUT2D eigenvalue weighted by Gasteiger charge is 2.36. The normalized spacial score (nSPS) is 13.2. The lowest BCUT2D eigenvalue weighted by molar-refractivity contribution is -0.131. The number of alkyl carbamates (subject to hydrolysis) is 1. The highest BCUT2D eigenvalue weighted by atomic mass is 16.6. The Labute approximate surface area is 219 Å². The summed E-state index contributed by atoms with van der Waals surface area (Å²) in [7, 11) is 0. The van der Waals surface area contributed by atoms with E-state index < -0.39 is 41.1 Å². The van der Waals surface area contributed by atoms with Crippen LogP contribution in [0, 0.1) is 0 Å². The number of rotatable bonds is 5. The van der Waals surface area contributed by atoms with Gasteiger partial charge in [-0.2, -0.15) is 0 Å². The van der Waals surface area contributed by atoms with Gasteiger partial charge in [0.05, 0.1) is 5.56 Å². The van der Waals surface area contributed by atoms with Crippen molar-refractivity contribution < 1.29 is 28.7 Å². The second kappa shape index (κ2) is 10.4. The first-order valence-corrected chi connectivity index (χ1v) is 12.0. The van der Waals surface area contributed by atoms with Gasteiger partial charge in [0, 0.05) is 28.7 Å². The third-order valence-electron chi connectivity index (χ3n) is 5.91. The second-order valence-corrected chi connectivity index (χ2v) is 9.83. The number of nitrogens with zero attached hydrogens (tertiary/aromatic N) is 1. The fourth-order valence-corrected chi connectivity index (χ4v) is 4.22. The molecule has 9 nitrogen and oxygen atoms in total. The minimum atomic E-state index is -1.25. The van der Waals surface area contributed by atoms with Gasteiger partial charge in [-0.05, 0) is 32.4 Å². The van der Waals surface area contributed by atoms with E-state index in [2.05, 4.69) is 5.32 Å². The SMILES string of the molecule is CC(C)(C)OC(=O)N[C@@H](Cc1ccccc1)C(=O)N(N)C(=O)c1cccc2c1C(=O)c1ccccc1C2=O. The molecule has 0 bridgehead atoms. The summed E-state index contributed by atoms with van der Waals surface area (Å²) >= 11 is 0.